The molecule has 0 amide bonds. The van der Waals surface area contributed by atoms with Crippen molar-refractivity contribution in [3.05, 3.63) is 45.9 Å². The highest BCUT2D eigenvalue weighted by Gasteiger charge is 2.25. The van der Waals surface area contributed by atoms with E-state index in [2.05, 4.69) is 26.3 Å². The summed E-state index contributed by atoms with van der Waals surface area (Å²) in [5.41, 5.74) is 1.36. The van der Waals surface area contributed by atoms with Crippen molar-refractivity contribution in [1.82, 2.24) is 15.1 Å². The Morgan fingerprint density at radius 1 is 1.50 bits per heavy atom. The van der Waals surface area contributed by atoms with Crippen LogP contribution >= 0.6 is 15.9 Å². The fourth-order valence-electron chi connectivity index (χ4n) is 2.21. The summed E-state index contributed by atoms with van der Waals surface area (Å²) >= 11 is 3.23. The minimum atomic E-state index is -0.319. The molecule has 20 heavy (non-hydrogen) atoms. The van der Waals surface area contributed by atoms with E-state index in [1.165, 1.54) is 0 Å². The molecule has 2 rings (SSSR count). The third kappa shape index (κ3) is 2.71. The molecule has 0 radical (unpaired) electrons. The van der Waals surface area contributed by atoms with Crippen LogP contribution in [0.4, 0.5) is 4.39 Å². The maximum absolute atomic E-state index is 14.4. The molecule has 0 saturated heterocycles. The first kappa shape index (κ1) is 15.0. The topological polar surface area (TPSA) is 39.1 Å². The van der Waals surface area contributed by atoms with Gasteiger partial charge in [-0.05, 0) is 28.5 Å². The van der Waals surface area contributed by atoms with Crippen molar-refractivity contribution in [3.63, 3.8) is 0 Å². The highest BCUT2D eigenvalue weighted by Crippen LogP contribution is 2.32. The summed E-state index contributed by atoms with van der Waals surface area (Å²) in [5.74, 6) is 0.361. The summed E-state index contributed by atoms with van der Waals surface area (Å²) in [4.78, 5) is 0. The largest absolute Gasteiger partial charge is 0.493 e. The molecule has 1 aromatic carbocycles. The number of aryl methyl sites for hydroxylation is 1. The molecule has 0 aliphatic rings. The molecule has 1 unspecified atom stereocenters. The van der Waals surface area contributed by atoms with Crippen molar-refractivity contribution in [2.45, 2.75) is 13.0 Å². The summed E-state index contributed by atoms with van der Waals surface area (Å²) in [7, 11) is 3.40. The lowest BCUT2D eigenvalue weighted by Crippen LogP contribution is -2.25. The van der Waals surface area contributed by atoms with Gasteiger partial charge in [0, 0.05) is 12.6 Å². The van der Waals surface area contributed by atoms with Gasteiger partial charge >= 0.3 is 0 Å². The van der Waals surface area contributed by atoms with Crippen LogP contribution in [0.3, 0.4) is 0 Å². The Bertz CT molecular complexity index is 600. The molecule has 1 aromatic heterocycles. The Kier molecular flexibility index (Phi) is 4.77. The van der Waals surface area contributed by atoms with Crippen molar-refractivity contribution in [1.29, 1.82) is 0 Å². The summed E-state index contributed by atoms with van der Waals surface area (Å²) < 4.78 is 21.8. The average Bonchev–Trinajstić information content (AvgIpc) is 2.81. The van der Waals surface area contributed by atoms with Gasteiger partial charge in [0.25, 0.3) is 0 Å². The number of benzene rings is 1. The van der Waals surface area contributed by atoms with E-state index in [0.29, 0.717) is 22.3 Å². The number of rotatable bonds is 5. The first-order chi connectivity index (χ1) is 9.60. The number of nitrogens with one attached hydrogen (secondary N) is 1. The normalized spacial score (nSPS) is 12.4. The van der Waals surface area contributed by atoms with Gasteiger partial charge in [0.1, 0.15) is 11.5 Å². The highest BCUT2D eigenvalue weighted by molar-refractivity contribution is 9.10. The van der Waals surface area contributed by atoms with Gasteiger partial charge in [0.2, 0.25) is 0 Å². The van der Waals surface area contributed by atoms with Crippen LogP contribution < -0.4 is 10.1 Å². The molecule has 1 heterocycles. The molecule has 4 nitrogen and oxygen atoms in total. The number of nitrogens with zero attached hydrogens (tertiary/aromatic N) is 2. The summed E-state index contributed by atoms with van der Waals surface area (Å²) in [6, 6.07) is 4.94. The number of halogens is 2. The smallest absolute Gasteiger partial charge is 0.161 e. The van der Waals surface area contributed by atoms with Crippen LogP contribution in [0.25, 0.3) is 0 Å². The van der Waals surface area contributed by atoms with Crippen LogP contribution in [0.5, 0.6) is 5.75 Å². The van der Waals surface area contributed by atoms with Gasteiger partial charge in [-0.15, -0.1) is 0 Å². The van der Waals surface area contributed by atoms with Crippen LogP contribution in [-0.2, 0) is 7.05 Å². The second-order valence-electron chi connectivity index (χ2n) is 4.36. The Morgan fingerprint density at radius 3 is 2.90 bits per heavy atom. The number of hydrogen-bond donors (Lipinski definition) is 1. The molecule has 0 fully saturated rings. The van der Waals surface area contributed by atoms with Gasteiger partial charge in [0.05, 0.1) is 23.8 Å². The van der Waals surface area contributed by atoms with Gasteiger partial charge in [-0.1, -0.05) is 19.1 Å². The maximum atomic E-state index is 14.4. The molecule has 0 spiro atoms. The fourth-order valence-corrected chi connectivity index (χ4v) is 2.60. The molecular weight excluding hydrogens is 325 g/mol. The second kappa shape index (κ2) is 6.37. The minimum absolute atomic E-state index is 0.276. The molecule has 0 aliphatic heterocycles. The van der Waals surface area contributed by atoms with Crippen molar-refractivity contribution in [2.75, 3.05) is 13.7 Å². The first-order valence-electron chi connectivity index (χ1n) is 6.33. The van der Waals surface area contributed by atoms with Crippen LogP contribution in [0.2, 0.25) is 0 Å². The third-order valence-corrected chi connectivity index (χ3v) is 3.76. The molecule has 1 N–H and O–H groups in total. The zero-order valence-electron chi connectivity index (χ0n) is 11.7. The Hall–Kier alpha value is -1.40. The average molecular weight is 342 g/mol. The molecule has 6 heteroatoms. The molecule has 0 saturated carbocycles. The summed E-state index contributed by atoms with van der Waals surface area (Å²) in [6.07, 6.45) is 1.63. The second-order valence-corrected chi connectivity index (χ2v) is 5.21. The van der Waals surface area contributed by atoms with E-state index in [1.807, 2.05) is 20.0 Å². The molecule has 1 atom stereocenters. The molecular formula is C14H17BrFN3O. The zero-order valence-corrected chi connectivity index (χ0v) is 13.2. The summed E-state index contributed by atoms with van der Waals surface area (Å²) in [6.45, 7) is 2.68. The predicted molar refractivity (Wildman–Crippen MR) is 79.4 cm³/mol. The lowest BCUT2D eigenvalue weighted by atomic mass is 10.0. The number of hydrogen-bond acceptors (Lipinski definition) is 3. The van der Waals surface area contributed by atoms with E-state index in [1.54, 1.807) is 30.1 Å². The number of methoxy groups -OCH3 is 1. The van der Waals surface area contributed by atoms with Crippen LogP contribution in [0, 0.1) is 5.82 Å². The van der Waals surface area contributed by atoms with E-state index in [4.69, 9.17) is 4.74 Å². The van der Waals surface area contributed by atoms with Gasteiger partial charge in [-0.3, -0.25) is 4.68 Å². The van der Waals surface area contributed by atoms with Crippen LogP contribution in [-0.4, -0.2) is 23.4 Å². The Labute approximate surface area is 126 Å². The quantitative estimate of drug-likeness (QED) is 0.908. The van der Waals surface area contributed by atoms with Crippen LogP contribution in [0.15, 0.2) is 28.9 Å². The van der Waals surface area contributed by atoms with Crippen molar-refractivity contribution in [3.8, 4) is 5.75 Å². The Morgan fingerprint density at radius 2 is 2.25 bits per heavy atom. The highest BCUT2D eigenvalue weighted by atomic mass is 79.9. The monoisotopic (exact) mass is 341 g/mol. The summed E-state index contributed by atoms with van der Waals surface area (Å²) in [5, 5.41) is 7.47. The fraction of sp³-hybridized carbons (Fsp3) is 0.357. The van der Waals surface area contributed by atoms with Crippen LogP contribution in [0.1, 0.15) is 24.2 Å². The minimum Gasteiger partial charge on any atom is -0.493 e. The molecule has 2 aromatic rings. The SMILES string of the molecule is CCNC(c1cccc(Br)c1F)c1c(OC)cnn1C. The van der Waals surface area contributed by atoms with Gasteiger partial charge in [0.15, 0.2) is 5.75 Å². The zero-order chi connectivity index (χ0) is 14.7. The lowest BCUT2D eigenvalue weighted by Gasteiger charge is -2.21. The van der Waals surface area contributed by atoms with E-state index in [0.717, 1.165) is 5.69 Å². The first-order valence-corrected chi connectivity index (χ1v) is 7.12. The van der Waals surface area contributed by atoms with Crippen molar-refractivity contribution >= 4 is 15.9 Å². The van der Waals surface area contributed by atoms with E-state index in [-0.39, 0.29) is 11.9 Å². The lowest BCUT2D eigenvalue weighted by molar-refractivity contribution is 0.400. The van der Waals surface area contributed by atoms with E-state index >= 15 is 0 Å². The van der Waals surface area contributed by atoms with Gasteiger partial charge in [-0.2, -0.15) is 5.10 Å². The molecule has 108 valence electrons. The maximum Gasteiger partial charge on any atom is 0.161 e. The number of ether oxygens (including phenoxy) is 1. The predicted octanol–water partition coefficient (Wildman–Crippen LogP) is 3.03. The van der Waals surface area contributed by atoms with E-state index < -0.39 is 0 Å². The van der Waals surface area contributed by atoms with Gasteiger partial charge in [-0.25, -0.2) is 4.39 Å². The molecule has 0 aliphatic carbocycles. The van der Waals surface area contributed by atoms with Crippen molar-refractivity contribution < 1.29 is 9.13 Å². The van der Waals surface area contributed by atoms with Gasteiger partial charge < -0.3 is 10.1 Å². The van der Waals surface area contributed by atoms with E-state index in [9.17, 15) is 4.39 Å². The molecule has 0 bridgehead atoms. The Balaban J connectivity index is 2.56. The standard InChI is InChI=1S/C14H17BrFN3O/c1-4-17-13(9-6-5-7-10(15)12(9)16)14-11(20-3)8-18-19(14)2/h5-8,13,17H,4H2,1-3H3. The van der Waals surface area contributed by atoms with Crippen molar-refractivity contribution in [2.24, 2.45) is 7.05 Å². The third-order valence-electron chi connectivity index (χ3n) is 3.14. The number of aromatic nitrogens is 2.